The number of hydrogen-bond acceptors (Lipinski definition) is 5. The molecule has 0 aliphatic heterocycles. The summed E-state index contributed by atoms with van der Waals surface area (Å²) in [4.78, 5) is 20.9. The molecule has 1 fully saturated rings. The number of carbonyl (C=O) groups is 1. The monoisotopic (exact) mass is 450 g/mol. The first-order valence-corrected chi connectivity index (χ1v) is 12.2. The maximum atomic E-state index is 13.2. The summed E-state index contributed by atoms with van der Waals surface area (Å²) >= 11 is 0. The number of halogens is 1. The van der Waals surface area contributed by atoms with Gasteiger partial charge in [-0.1, -0.05) is 12.1 Å². The van der Waals surface area contributed by atoms with Crippen LogP contribution in [-0.4, -0.2) is 60.9 Å². The van der Waals surface area contributed by atoms with Crippen molar-refractivity contribution in [3.63, 3.8) is 0 Å². The fraction of sp³-hybridized carbons (Fsp3) is 0.545. The molecule has 0 saturated heterocycles. The molecular weight excluding hydrogens is 419 g/mol. The molecule has 31 heavy (non-hydrogen) atoms. The molecule has 0 unspecified atom stereocenters. The van der Waals surface area contributed by atoms with Crippen molar-refractivity contribution in [3.8, 4) is 0 Å². The summed E-state index contributed by atoms with van der Waals surface area (Å²) in [6.45, 7) is 5.41. The van der Waals surface area contributed by atoms with Crippen LogP contribution in [-0.2, 0) is 26.9 Å². The summed E-state index contributed by atoms with van der Waals surface area (Å²) in [5.41, 5.74) is 1.19. The minimum Gasteiger partial charge on any atom is -0.335 e. The molecule has 1 amide bonds. The molecule has 0 N–H and O–H groups in total. The number of nitrogens with zero attached hydrogens (tertiary/aromatic N) is 4. The van der Waals surface area contributed by atoms with Gasteiger partial charge in [-0.25, -0.2) is 17.8 Å². The summed E-state index contributed by atoms with van der Waals surface area (Å²) in [7, 11) is 0.164. The standard InChI is InChI=1S/C22H31FN4O3S/c1-16(2)27-20(14-26(12-11-25(3)4)21(28)18-7-8-18)13-24-22(27)31(29,30)15-17-5-9-19(23)10-6-17/h5-6,9-10,13,16,18H,7-8,11-12,14-15H2,1-4H3. The van der Waals surface area contributed by atoms with Gasteiger partial charge in [-0.15, -0.1) is 0 Å². The maximum Gasteiger partial charge on any atom is 0.228 e. The van der Waals surface area contributed by atoms with E-state index in [1.165, 1.54) is 24.3 Å². The van der Waals surface area contributed by atoms with Gasteiger partial charge in [-0.05, 0) is 58.5 Å². The van der Waals surface area contributed by atoms with Crippen molar-refractivity contribution in [1.29, 1.82) is 0 Å². The maximum absolute atomic E-state index is 13.2. The Bertz CT molecular complexity index is 1010. The first-order chi connectivity index (χ1) is 14.6. The van der Waals surface area contributed by atoms with Crippen LogP contribution in [0.15, 0.2) is 35.6 Å². The van der Waals surface area contributed by atoms with Gasteiger partial charge in [0.15, 0.2) is 0 Å². The number of imidazole rings is 1. The summed E-state index contributed by atoms with van der Waals surface area (Å²) in [6, 6.07) is 5.28. The molecule has 0 atom stereocenters. The Morgan fingerprint density at radius 3 is 2.39 bits per heavy atom. The molecule has 2 aromatic rings. The highest BCUT2D eigenvalue weighted by atomic mass is 32.2. The Morgan fingerprint density at radius 2 is 1.84 bits per heavy atom. The van der Waals surface area contributed by atoms with Crippen LogP contribution in [0.1, 0.15) is 44.0 Å². The second kappa shape index (κ2) is 9.48. The Morgan fingerprint density at radius 1 is 1.19 bits per heavy atom. The Balaban J connectivity index is 1.87. The smallest absolute Gasteiger partial charge is 0.228 e. The van der Waals surface area contributed by atoms with Crippen molar-refractivity contribution >= 4 is 15.7 Å². The Labute approximate surface area is 183 Å². The zero-order valence-corrected chi connectivity index (χ0v) is 19.4. The minimum absolute atomic E-state index is 0.0201. The third-order valence-electron chi connectivity index (χ3n) is 5.31. The quantitative estimate of drug-likeness (QED) is 0.556. The molecule has 170 valence electrons. The van der Waals surface area contributed by atoms with Crippen molar-refractivity contribution in [2.45, 2.75) is 50.2 Å². The van der Waals surface area contributed by atoms with Crippen LogP contribution in [0.25, 0.3) is 0 Å². The lowest BCUT2D eigenvalue weighted by atomic mass is 10.2. The van der Waals surface area contributed by atoms with E-state index in [9.17, 15) is 17.6 Å². The van der Waals surface area contributed by atoms with Crippen LogP contribution in [0.4, 0.5) is 4.39 Å². The van der Waals surface area contributed by atoms with Gasteiger partial charge < -0.3 is 14.4 Å². The van der Waals surface area contributed by atoms with Gasteiger partial charge in [-0.3, -0.25) is 4.79 Å². The van der Waals surface area contributed by atoms with Crippen molar-refractivity contribution < 1.29 is 17.6 Å². The van der Waals surface area contributed by atoms with E-state index >= 15 is 0 Å². The molecule has 1 saturated carbocycles. The largest absolute Gasteiger partial charge is 0.335 e. The van der Waals surface area contributed by atoms with Gasteiger partial charge >= 0.3 is 0 Å². The average Bonchev–Trinajstić information content (AvgIpc) is 3.45. The molecule has 0 radical (unpaired) electrons. The molecule has 1 heterocycles. The summed E-state index contributed by atoms with van der Waals surface area (Å²) in [5, 5.41) is -0.0201. The predicted octanol–water partition coefficient (Wildman–Crippen LogP) is 2.88. The molecule has 1 aliphatic rings. The number of benzene rings is 1. The topological polar surface area (TPSA) is 75.5 Å². The Kier molecular flexibility index (Phi) is 7.16. The average molecular weight is 451 g/mol. The van der Waals surface area contributed by atoms with Gasteiger partial charge in [0.05, 0.1) is 24.2 Å². The number of carbonyl (C=O) groups excluding carboxylic acids is 1. The number of amides is 1. The summed E-state index contributed by atoms with van der Waals surface area (Å²) in [6.07, 6.45) is 3.39. The highest BCUT2D eigenvalue weighted by Crippen LogP contribution is 2.32. The van der Waals surface area contributed by atoms with E-state index in [4.69, 9.17) is 0 Å². The number of sulfone groups is 1. The number of hydrogen-bond donors (Lipinski definition) is 0. The predicted molar refractivity (Wildman–Crippen MR) is 117 cm³/mol. The van der Waals surface area contributed by atoms with Crippen LogP contribution < -0.4 is 0 Å². The van der Waals surface area contributed by atoms with Crippen LogP contribution in [0.5, 0.6) is 0 Å². The fourth-order valence-corrected chi connectivity index (χ4v) is 5.11. The molecule has 0 bridgehead atoms. The van der Waals surface area contributed by atoms with Crippen LogP contribution in [0, 0.1) is 11.7 Å². The molecule has 0 spiro atoms. The number of aromatic nitrogens is 2. The highest BCUT2D eigenvalue weighted by molar-refractivity contribution is 7.90. The molecular formula is C22H31FN4O3S. The molecule has 9 heteroatoms. The van der Waals surface area contributed by atoms with Crippen molar-refractivity contribution in [2.24, 2.45) is 5.92 Å². The normalized spacial score (nSPS) is 14.4. The van der Waals surface area contributed by atoms with E-state index in [0.29, 0.717) is 24.3 Å². The minimum atomic E-state index is -3.75. The molecule has 1 aliphatic carbocycles. The molecule has 3 rings (SSSR count). The van der Waals surface area contributed by atoms with Crippen molar-refractivity contribution in [2.75, 3.05) is 27.2 Å². The number of rotatable bonds is 10. The zero-order valence-electron chi connectivity index (χ0n) is 18.6. The van der Waals surface area contributed by atoms with Gasteiger partial charge in [0.25, 0.3) is 0 Å². The van der Waals surface area contributed by atoms with Gasteiger partial charge in [0.2, 0.25) is 20.9 Å². The molecule has 1 aromatic carbocycles. The summed E-state index contributed by atoms with van der Waals surface area (Å²) in [5.74, 6) is -0.472. The van der Waals surface area contributed by atoms with Gasteiger partial charge in [0.1, 0.15) is 5.82 Å². The SMILES string of the molecule is CC(C)n1c(CN(CCN(C)C)C(=O)C2CC2)cnc1S(=O)(=O)Cc1ccc(F)cc1. The molecule has 1 aromatic heterocycles. The van der Waals surface area contributed by atoms with Crippen molar-refractivity contribution in [1.82, 2.24) is 19.4 Å². The second-order valence-electron chi connectivity index (χ2n) is 8.72. The van der Waals surface area contributed by atoms with E-state index in [-0.39, 0.29) is 28.8 Å². The van der Waals surface area contributed by atoms with E-state index in [1.54, 1.807) is 10.8 Å². The zero-order chi connectivity index (χ0) is 22.8. The van der Waals surface area contributed by atoms with Gasteiger partial charge in [-0.2, -0.15) is 0 Å². The fourth-order valence-electron chi connectivity index (χ4n) is 3.51. The van der Waals surface area contributed by atoms with Crippen molar-refractivity contribution in [3.05, 3.63) is 47.5 Å². The highest BCUT2D eigenvalue weighted by Gasteiger charge is 2.34. The van der Waals surface area contributed by atoms with E-state index < -0.39 is 15.7 Å². The lowest BCUT2D eigenvalue weighted by molar-refractivity contribution is -0.133. The summed E-state index contributed by atoms with van der Waals surface area (Å²) < 4.78 is 41.1. The van der Waals surface area contributed by atoms with E-state index in [1.807, 2.05) is 37.7 Å². The Hall–Kier alpha value is -2.26. The lowest BCUT2D eigenvalue weighted by Gasteiger charge is -2.26. The third kappa shape index (κ3) is 5.92. The van der Waals surface area contributed by atoms with Crippen LogP contribution in [0.3, 0.4) is 0 Å². The van der Waals surface area contributed by atoms with Gasteiger partial charge in [0, 0.05) is 25.0 Å². The van der Waals surface area contributed by atoms with Crippen LogP contribution >= 0.6 is 0 Å². The first-order valence-electron chi connectivity index (χ1n) is 10.6. The molecule has 7 nitrogen and oxygen atoms in total. The number of likely N-dealkylation sites (N-methyl/N-ethyl adjacent to an activating group) is 1. The first kappa shape index (κ1) is 23.4. The van der Waals surface area contributed by atoms with E-state index in [0.717, 1.165) is 19.4 Å². The lowest BCUT2D eigenvalue weighted by Crippen LogP contribution is -2.37. The van der Waals surface area contributed by atoms with Crippen LogP contribution in [0.2, 0.25) is 0 Å². The third-order valence-corrected chi connectivity index (χ3v) is 6.88. The second-order valence-corrected chi connectivity index (χ2v) is 10.6. The van der Waals surface area contributed by atoms with E-state index in [2.05, 4.69) is 4.98 Å².